The van der Waals surface area contributed by atoms with Crippen LogP contribution in [0.2, 0.25) is 0 Å². The van der Waals surface area contributed by atoms with Crippen LogP contribution in [0.3, 0.4) is 0 Å². The van der Waals surface area contributed by atoms with Gasteiger partial charge < -0.3 is 4.57 Å². The number of aryl methyl sites for hydroxylation is 2. The molecule has 1 saturated carbocycles. The summed E-state index contributed by atoms with van der Waals surface area (Å²) in [7, 11) is 0. The molecule has 2 rings (SSSR count). The molecule has 4 heteroatoms. The van der Waals surface area contributed by atoms with Gasteiger partial charge >= 0.3 is 5.69 Å². The zero-order valence-corrected chi connectivity index (χ0v) is 8.25. The molecule has 1 aromatic rings. The van der Waals surface area contributed by atoms with Crippen LogP contribution in [0, 0.1) is 12.8 Å². The molecule has 4 nitrogen and oxygen atoms in total. The molecule has 0 bridgehead atoms. The minimum Gasteiger partial charge on any atom is -0.300 e. The summed E-state index contributed by atoms with van der Waals surface area (Å²) in [6.45, 7) is 2.44. The van der Waals surface area contributed by atoms with Gasteiger partial charge in [0.15, 0.2) is 0 Å². The van der Waals surface area contributed by atoms with Crippen LogP contribution in [-0.2, 0) is 6.54 Å². The predicted octanol–water partition coefficient (Wildman–Crippen LogP) is 0.645. The Morgan fingerprint density at radius 2 is 2.21 bits per heavy atom. The summed E-state index contributed by atoms with van der Waals surface area (Å²) >= 11 is 0. The molecule has 1 aliphatic carbocycles. The Morgan fingerprint density at radius 1 is 1.50 bits per heavy atom. The maximum Gasteiger partial charge on any atom is 0.328 e. The van der Waals surface area contributed by atoms with E-state index in [0.29, 0.717) is 5.56 Å². The molecular formula is C10H14N2O2. The third-order valence-corrected chi connectivity index (χ3v) is 2.66. The van der Waals surface area contributed by atoms with Gasteiger partial charge in [-0.2, -0.15) is 0 Å². The second-order valence-corrected chi connectivity index (χ2v) is 4.00. The largest absolute Gasteiger partial charge is 0.328 e. The molecule has 14 heavy (non-hydrogen) atoms. The Kier molecular flexibility index (Phi) is 2.27. The quantitative estimate of drug-likeness (QED) is 0.767. The highest BCUT2D eigenvalue weighted by Crippen LogP contribution is 2.32. The van der Waals surface area contributed by atoms with Crippen LogP contribution in [0.15, 0.2) is 15.8 Å². The first-order chi connectivity index (χ1) is 6.66. The molecule has 1 fully saturated rings. The number of aromatic nitrogens is 2. The van der Waals surface area contributed by atoms with Crippen molar-refractivity contribution in [2.75, 3.05) is 0 Å². The molecule has 0 atom stereocenters. The summed E-state index contributed by atoms with van der Waals surface area (Å²) in [6, 6.07) is 0. The third-order valence-electron chi connectivity index (χ3n) is 2.66. The summed E-state index contributed by atoms with van der Waals surface area (Å²) in [6.07, 6.45) is 5.27. The van der Waals surface area contributed by atoms with Crippen molar-refractivity contribution < 1.29 is 0 Å². The summed E-state index contributed by atoms with van der Waals surface area (Å²) < 4.78 is 1.59. The van der Waals surface area contributed by atoms with Crippen molar-refractivity contribution in [3.05, 3.63) is 32.6 Å². The van der Waals surface area contributed by atoms with E-state index in [2.05, 4.69) is 4.98 Å². The minimum atomic E-state index is -0.291. The molecule has 1 N–H and O–H groups in total. The topological polar surface area (TPSA) is 54.9 Å². The van der Waals surface area contributed by atoms with Gasteiger partial charge in [0.2, 0.25) is 0 Å². The van der Waals surface area contributed by atoms with E-state index in [1.807, 2.05) is 0 Å². The molecule has 1 heterocycles. The fourth-order valence-corrected chi connectivity index (χ4v) is 1.51. The average Bonchev–Trinajstić information content (AvgIpc) is 2.92. The second kappa shape index (κ2) is 3.44. The molecule has 0 unspecified atom stereocenters. The van der Waals surface area contributed by atoms with Crippen LogP contribution in [-0.4, -0.2) is 9.55 Å². The molecule has 1 aliphatic rings. The monoisotopic (exact) mass is 194 g/mol. The van der Waals surface area contributed by atoms with Gasteiger partial charge in [-0.1, -0.05) is 12.8 Å². The van der Waals surface area contributed by atoms with Crippen molar-refractivity contribution in [1.29, 1.82) is 0 Å². The van der Waals surface area contributed by atoms with E-state index in [0.717, 1.165) is 18.9 Å². The number of nitrogens with one attached hydrogen (secondary N) is 1. The fourth-order valence-electron chi connectivity index (χ4n) is 1.51. The Morgan fingerprint density at radius 3 is 2.86 bits per heavy atom. The van der Waals surface area contributed by atoms with Crippen LogP contribution < -0.4 is 11.2 Å². The van der Waals surface area contributed by atoms with Gasteiger partial charge in [-0.3, -0.25) is 9.78 Å². The van der Waals surface area contributed by atoms with E-state index >= 15 is 0 Å². The van der Waals surface area contributed by atoms with Crippen LogP contribution in [0.1, 0.15) is 24.8 Å². The lowest BCUT2D eigenvalue weighted by Crippen LogP contribution is -2.30. The SMILES string of the molecule is Cc1cn(CCC2CC2)c(=O)[nH]c1=O. The number of aromatic amines is 1. The summed E-state index contributed by atoms with van der Waals surface area (Å²) in [5.74, 6) is 0.800. The summed E-state index contributed by atoms with van der Waals surface area (Å²) in [5.41, 5.74) is 0.0271. The van der Waals surface area contributed by atoms with Gasteiger partial charge in [0.1, 0.15) is 0 Å². The summed E-state index contributed by atoms with van der Waals surface area (Å²) in [4.78, 5) is 24.7. The lowest BCUT2D eigenvalue weighted by Gasteiger charge is -2.04. The number of H-pyrrole nitrogens is 1. The van der Waals surface area contributed by atoms with E-state index in [1.54, 1.807) is 17.7 Å². The molecule has 1 aromatic heterocycles. The van der Waals surface area contributed by atoms with Crippen LogP contribution in [0.25, 0.3) is 0 Å². The van der Waals surface area contributed by atoms with E-state index < -0.39 is 0 Å². The Labute approximate surface area is 81.6 Å². The molecule has 0 aromatic carbocycles. The minimum absolute atomic E-state index is 0.280. The van der Waals surface area contributed by atoms with Crippen LogP contribution >= 0.6 is 0 Å². The van der Waals surface area contributed by atoms with Crippen molar-refractivity contribution in [3.63, 3.8) is 0 Å². The Balaban J connectivity index is 2.19. The van der Waals surface area contributed by atoms with Crippen molar-refractivity contribution in [2.24, 2.45) is 5.92 Å². The van der Waals surface area contributed by atoms with E-state index in [9.17, 15) is 9.59 Å². The first-order valence-corrected chi connectivity index (χ1v) is 4.97. The first-order valence-electron chi connectivity index (χ1n) is 4.97. The normalized spacial score (nSPS) is 15.8. The Hall–Kier alpha value is -1.32. The van der Waals surface area contributed by atoms with E-state index in [-0.39, 0.29) is 11.2 Å². The second-order valence-electron chi connectivity index (χ2n) is 4.00. The fraction of sp³-hybridized carbons (Fsp3) is 0.600. The van der Waals surface area contributed by atoms with Gasteiger partial charge in [0.25, 0.3) is 5.56 Å². The lowest BCUT2D eigenvalue weighted by molar-refractivity contribution is 0.566. The van der Waals surface area contributed by atoms with Gasteiger partial charge in [-0.05, 0) is 19.3 Å². The van der Waals surface area contributed by atoms with Crippen molar-refractivity contribution in [2.45, 2.75) is 32.7 Å². The molecule has 0 aliphatic heterocycles. The predicted molar refractivity (Wildman–Crippen MR) is 53.4 cm³/mol. The van der Waals surface area contributed by atoms with Crippen LogP contribution in [0.5, 0.6) is 0 Å². The van der Waals surface area contributed by atoms with Crippen molar-refractivity contribution in [1.82, 2.24) is 9.55 Å². The van der Waals surface area contributed by atoms with Gasteiger partial charge in [-0.15, -0.1) is 0 Å². The van der Waals surface area contributed by atoms with E-state index in [4.69, 9.17) is 0 Å². The maximum atomic E-state index is 11.3. The molecule has 0 amide bonds. The Bertz CT molecular complexity index is 440. The highest BCUT2D eigenvalue weighted by molar-refractivity contribution is 5.00. The highest BCUT2D eigenvalue weighted by Gasteiger charge is 2.20. The van der Waals surface area contributed by atoms with Gasteiger partial charge in [0.05, 0.1) is 0 Å². The van der Waals surface area contributed by atoms with Gasteiger partial charge in [0, 0.05) is 18.3 Å². The molecule has 0 radical (unpaired) electrons. The van der Waals surface area contributed by atoms with E-state index in [1.165, 1.54) is 12.8 Å². The van der Waals surface area contributed by atoms with Crippen molar-refractivity contribution >= 4 is 0 Å². The molecule has 76 valence electrons. The zero-order chi connectivity index (χ0) is 10.1. The summed E-state index contributed by atoms with van der Waals surface area (Å²) in [5, 5.41) is 0. The number of hydrogen-bond acceptors (Lipinski definition) is 2. The number of rotatable bonds is 3. The highest BCUT2D eigenvalue weighted by atomic mass is 16.2. The molecule has 0 saturated heterocycles. The average molecular weight is 194 g/mol. The smallest absolute Gasteiger partial charge is 0.300 e. The first kappa shape index (κ1) is 9.24. The maximum absolute atomic E-state index is 11.3. The van der Waals surface area contributed by atoms with Crippen LogP contribution in [0.4, 0.5) is 0 Å². The molecular weight excluding hydrogens is 180 g/mol. The number of nitrogens with zero attached hydrogens (tertiary/aromatic N) is 1. The third kappa shape index (κ3) is 1.95. The molecule has 0 spiro atoms. The standard InChI is InChI=1S/C10H14N2O2/c1-7-6-12(5-4-8-2-3-8)10(14)11-9(7)13/h6,8H,2-5H2,1H3,(H,11,13,14). The lowest BCUT2D eigenvalue weighted by atomic mass is 10.3. The zero-order valence-electron chi connectivity index (χ0n) is 8.25. The number of hydrogen-bond donors (Lipinski definition) is 1. The van der Waals surface area contributed by atoms with Crippen molar-refractivity contribution in [3.8, 4) is 0 Å². The van der Waals surface area contributed by atoms with Gasteiger partial charge in [-0.25, -0.2) is 4.79 Å².